The van der Waals surface area contributed by atoms with Gasteiger partial charge in [0, 0.05) is 38.2 Å². The molecule has 47 heavy (non-hydrogen) atoms. The molecule has 0 unspecified atom stereocenters. The first-order valence-electron chi connectivity index (χ1n) is 15.4. The molecular formula is C40H23N5O2. The minimum atomic E-state index is 0.523. The Morgan fingerprint density at radius 3 is 1.74 bits per heavy atom. The number of nitrogens with zero attached hydrogens (tertiary/aromatic N) is 5. The predicted octanol–water partition coefficient (Wildman–Crippen LogP) is 10.0. The first-order valence-corrected chi connectivity index (χ1v) is 15.4. The molecule has 7 heteroatoms. The third-order valence-corrected chi connectivity index (χ3v) is 8.71. The van der Waals surface area contributed by atoms with Crippen molar-refractivity contribution in [3.05, 3.63) is 140 Å². The largest absolute Gasteiger partial charge is 0.456 e. The number of benzene rings is 6. The van der Waals surface area contributed by atoms with E-state index in [-0.39, 0.29) is 0 Å². The van der Waals surface area contributed by atoms with Gasteiger partial charge in [-0.15, -0.1) is 0 Å². The zero-order chi connectivity index (χ0) is 30.9. The monoisotopic (exact) mass is 605 g/mol. The maximum atomic E-state index is 6.24. The molecule has 0 saturated heterocycles. The van der Waals surface area contributed by atoms with Crippen LogP contribution in [-0.4, -0.2) is 24.5 Å². The summed E-state index contributed by atoms with van der Waals surface area (Å²) in [6.07, 6.45) is 0. The molecule has 0 amide bonds. The highest BCUT2D eigenvalue weighted by molar-refractivity contribution is 6.09. The van der Waals surface area contributed by atoms with Gasteiger partial charge in [0.25, 0.3) is 0 Å². The fourth-order valence-corrected chi connectivity index (χ4v) is 6.49. The molecule has 4 heterocycles. The van der Waals surface area contributed by atoms with Crippen molar-refractivity contribution in [2.24, 2.45) is 0 Å². The van der Waals surface area contributed by atoms with Gasteiger partial charge in [-0.3, -0.25) is 4.57 Å². The van der Waals surface area contributed by atoms with E-state index in [0.717, 1.165) is 66.0 Å². The fraction of sp³-hybridized carbons (Fsp3) is 0. The Hall–Kier alpha value is -6.60. The zero-order valence-electron chi connectivity index (χ0n) is 24.8. The minimum Gasteiger partial charge on any atom is -0.456 e. The number of aromatic nitrogens is 5. The third kappa shape index (κ3) is 4.07. The van der Waals surface area contributed by atoms with Crippen LogP contribution in [0.3, 0.4) is 0 Å². The summed E-state index contributed by atoms with van der Waals surface area (Å²) in [5.74, 6) is 2.15. The van der Waals surface area contributed by atoms with Crippen molar-refractivity contribution in [3.63, 3.8) is 0 Å². The van der Waals surface area contributed by atoms with Gasteiger partial charge in [0.2, 0.25) is 11.8 Å². The van der Waals surface area contributed by atoms with Gasteiger partial charge in [0.1, 0.15) is 16.7 Å². The Balaban J connectivity index is 1.21. The quantitative estimate of drug-likeness (QED) is 0.199. The lowest BCUT2D eigenvalue weighted by molar-refractivity contribution is 0.620. The van der Waals surface area contributed by atoms with E-state index in [9.17, 15) is 0 Å². The van der Waals surface area contributed by atoms with Crippen LogP contribution in [0.15, 0.2) is 148 Å². The van der Waals surface area contributed by atoms with Crippen LogP contribution in [0.5, 0.6) is 0 Å². The maximum absolute atomic E-state index is 6.24. The maximum Gasteiger partial charge on any atom is 0.238 e. The molecule has 0 aliphatic heterocycles. The standard InChI is InChI=1S/C40H23N5O2/c1-2-10-24(11-3-1)39-41-31-21-19-26(23-36(31)47-39)38-42-37(25-18-20-30-29-14-6-9-17-34(29)46-35(30)22-25)43-40(44-38)45-32-15-7-4-12-27(32)28-13-5-8-16-33(28)45/h1-23H. The van der Waals surface area contributed by atoms with E-state index in [0.29, 0.717) is 29.1 Å². The minimum absolute atomic E-state index is 0.523. The van der Waals surface area contributed by atoms with Crippen molar-refractivity contribution >= 4 is 54.8 Å². The van der Waals surface area contributed by atoms with E-state index in [2.05, 4.69) is 53.1 Å². The molecule has 4 aromatic heterocycles. The number of rotatable bonds is 4. The summed E-state index contributed by atoms with van der Waals surface area (Å²) >= 11 is 0. The summed E-state index contributed by atoms with van der Waals surface area (Å²) in [4.78, 5) is 20.0. The summed E-state index contributed by atoms with van der Waals surface area (Å²) < 4.78 is 14.6. The number of furan rings is 1. The summed E-state index contributed by atoms with van der Waals surface area (Å²) in [6, 6.07) is 46.6. The normalized spacial score (nSPS) is 11.8. The van der Waals surface area contributed by atoms with Crippen molar-refractivity contribution in [3.8, 4) is 40.2 Å². The topological polar surface area (TPSA) is 82.8 Å². The Bertz CT molecular complexity index is 2760. The molecule has 0 saturated carbocycles. The summed E-state index contributed by atoms with van der Waals surface area (Å²) in [6.45, 7) is 0. The lowest BCUT2D eigenvalue weighted by Crippen LogP contribution is -2.06. The second-order valence-electron chi connectivity index (χ2n) is 11.5. The molecule has 10 rings (SSSR count). The van der Waals surface area contributed by atoms with E-state index in [1.54, 1.807) is 0 Å². The number of para-hydroxylation sites is 3. The highest BCUT2D eigenvalue weighted by atomic mass is 16.3. The second kappa shape index (κ2) is 9.95. The van der Waals surface area contributed by atoms with Crippen molar-refractivity contribution < 1.29 is 8.83 Å². The molecule has 220 valence electrons. The highest BCUT2D eigenvalue weighted by Gasteiger charge is 2.19. The van der Waals surface area contributed by atoms with E-state index in [4.69, 9.17) is 28.8 Å². The Labute approximate surface area is 267 Å². The molecule has 0 atom stereocenters. The van der Waals surface area contributed by atoms with Crippen molar-refractivity contribution in [2.45, 2.75) is 0 Å². The molecule has 0 bridgehead atoms. The van der Waals surface area contributed by atoms with Gasteiger partial charge in [0.05, 0.1) is 11.0 Å². The van der Waals surface area contributed by atoms with Crippen LogP contribution in [0.1, 0.15) is 0 Å². The molecule has 10 aromatic rings. The van der Waals surface area contributed by atoms with Crippen LogP contribution in [0, 0.1) is 0 Å². The SMILES string of the molecule is c1ccc(-c2nc3ccc(-c4nc(-c5ccc6c(c5)oc5ccccc56)nc(-n5c6ccccc6c6ccccc65)n4)cc3o2)cc1. The van der Waals surface area contributed by atoms with Crippen LogP contribution in [0.4, 0.5) is 0 Å². The molecule has 0 N–H and O–H groups in total. The molecule has 0 radical (unpaired) electrons. The van der Waals surface area contributed by atoms with Gasteiger partial charge in [-0.05, 0) is 60.7 Å². The van der Waals surface area contributed by atoms with Gasteiger partial charge in [-0.1, -0.05) is 78.9 Å². The second-order valence-corrected chi connectivity index (χ2v) is 11.5. The van der Waals surface area contributed by atoms with Gasteiger partial charge in [-0.2, -0.15) is 9.97 Å². The van der Waals surface area contributed by atoms with Crippen LogP contribution < -0.4 is 0 Å². The highest BCUT2D eigenvalue weighted by Crippen LogP contribution is 2.35. The van der Waals surface area contributed by atoms with Gasteiger partial charge < -0.3 is 8.83 Å². The molecule has 0 aliphatic carbocycles. The van der Waals surface area contributed by atoms with Crippen molar-refractivity contribution in [2.75, 3.05) is 0 Å². The van der Waals surface area contributed by atoms with Crippen LogP contribution >= 0.6 is 0 Å². The number of fused-ring (bicyclic) bond motifs is 7. The smallest absolute Gasteiger partial charge is 0.238 e. The number of hydrogen-bond donors (Lipinski definition) is 0. The molecule has 6 aromatic carbocycles. The van der Waals surface area contributed by atoms with Gasteiger partial charge >= 0.3 is 0 Å². The van der Waals surface area contributed by atoms with E-state index in [1.165, 1.54) is 0 Å². The lowest BCUT2D eigenvalue weighted by atomic mass is 10.1. The van der Waals surface area contributed by atoms with Crippen molar-refractivity contribution in [1.29, 1.82) is 0 Å². The number of oxazole rings is 1. The van der Waals surface area contributed by atoms with Gasteiger partial charge in [0.15, 0.2) is 17.2 Å². The first kappa shape index (κ1) is 25.7. The van der Waals surface area contributed by atoms with Crippen LogP contribution in [0.25, 0.3) is 95.0 Å². The molecule has 0 aliphatic rings. The molecule has 0 spiro atoms. The first-order chi connectivity index (χ1) is 23.3. The van der Waals surface area contributed by atoms with E-state index >= 15 is 0 Å². The Kier molecular flexibility index (Phi) is 5.44. The van der Waals surface area contributed by atoms with E-state index < -0.39 is 0 Å². The molecule has 0 fully saturated rings. The summed E-state index contributed by atoms with van der Waals surface area (Å²) in [5, 5.41) is 4.39. The van der Waals surface area contributed by atoms with Crippen LogP contribution in [-0.2, 0) is 0 Å². The van der Waals surface area contributed by atoms with E-state index in [1.807, 2.05) is 91.0 Å². The zero-order valence-corrected chi connectivity index (χ0v) is 24.8. The average Bonchev–Trinajstić information content (AvgIpc) is 3.83. The molecule has 7 nitrogen and oxygen atoms in total. The lowest BCUT2D eigenvalue weighted by Gasteiger charge is -2.11. The molecular weight excluding hydrogens is 582 g/mol. The summed E-state index contributed by atoms with van der Waals surface area (Å²) in [5.41, 5.74) is 7.62. The average molecular weight is 606 g/mol. The van der Waals surface area contributed by atoms with Gasteiger partial charge in [-0.25, -0.2) is 9.97 Å². The predicted molar refractivity (Wildman–Crippen MR) is 185 cm³/mol. The number of hydrogen-bond acceptors (Lipinski definition) is 6. The fourth-order valence-electron chi connectivity index (χ4n) is 6.49. The Morgan fingerprint density at radius 1 is 0.404 bits per heavy atom. The van der Waals surface area contributed by atoms with Crippen LogP contribution in [0.2, 0.25) is 0 Å². The van der Waals surface area contributed by atoms with Crippen molar-refractivity contribution in [1.82, 2.24) is 24.5 Å². The Morgan fingerprint density at radius 2 is 1.00 bits per heavy atom. The third-order valence-electron chi connectivity index (χ3n) is 8.71. The summed E-state index contributed by atoms with van der Waals surface area (Å²) in [7, 11) is 0.